The number of aromatic amines is 1. The second-order valence-electron chi connectivity index (χ2n) is 3.40. The van der Waals surface area contributed by atoms with Crippen LogP contribution < -0.4 is 11.1 Å². The van der Waals surface area contributed by atoms with E-state index in [4.69, 9.17) is 5.11 Å². The van der Waals surface area contributed by atoms with Crippen LogP contribution in [-0.4, -0.2) is 31.6 Å². The van der Waals surface area contributed by atoms with Crippen LogP contribution in [0.1, 0.15) is 13.3 Å². The van der Waals surface area contributed by atoms with Gasteiger partial charge in [0.1, 0.15) is 0 Å². The summed E-state index contributed by atoms with van der Waals surface area (Å²) in [6.07, 6.45) is 1.98. The number of carbonyl (C=O) groups is 1. The van der Waals surface area contributed by atoms with Crippen molar-refractivity contribution in [1.82, 2.24) is 14.8 Å². The van der Waals surface area contributed by atoms with E-state index < -0.39 is 17.1 Å². The third-order valence-electron chi connectivity index (χ3n) is 2.15. The Hall–Kier alpha value is -1.83. The molecule has 0 fully saturated rings. The Kier molecular flexibility index (Phi) is 4.90. The molecule has 0 aliphatic rings. The summed E-state index contributed by atoms with van der Waals surface area (Å²) in [5, 5.41) is 11.5. The number of aliphatic carboxylic acids is 1. The molecule has 0 aliphatic heterocycles. The van der Waals surface area contributed by atoms with Crippen molar-refractivity contribution in [2.24, 2.45) is 7.05 Å². The van der Waals surface area contributed by atoms with Crippen molar-refractivity contribution in [3.8, 4) is 0 Å². The first kappa shape index (κ1) is 14.2. The summed E-state index contributed by atoms with van der Waals surface area (Å²) < 4.78 is 1.33. The zero-order chi connectivity index (χ0) is 13.7. The van der Waals surface area contributed by atoms with Crippen molar-refractivity contribution in [3.05, 3.63) is 32.4 Å². The Balaban J connectivity index is 2.82. The van der Waals surface area contributed by atoms with Gasteiger partial charge >= 0.3 is 17.1 Å². The van der Waals surface area contributed by atoms with Crippen LogP contribution in [0.25, 0.3) is 0 Å². The van der Waals surface area contributed by atoms with E-state index in [2.05, 4.69) is 10.1 Å². The van der Waals surface area contributed by atoms with Gasteiger partial charge in [0, 0.05) is 18.4 Å². The van der Waals surface area contributed by atoms with Gasteiger partial charge in [0.05, 0.1) is 0 Å². The van der Waals surface area contributed by atoms with Crippen LogP contribution in [0.15, 0.2) is 26.4 Å². The summed E-state index contributed by atoms with van der Waals surface area (Å²) in [4.78, 5) is 36.4. The largest absolute Gasteiger partial charge is 0.478 e. The monoisotopic (exact) mass is 271 g/mol. The Morgan fingerprint density at radius 1 is 1.56 bits per heavy atom. The van der Waals surface area contributed by atoms with Gasteiger partial charge in [0.25, 0.3) is 0 Å². The first-order valence-electron chi connectivity index (χ1n) is 5.18. The summed E-state index contributed by atoms with van der Waals surface area (Å²) in [5.74, 6) is -0.594. The molecule has 18 heavy (non-hydrogen) atoms. The molecule has 0 saturated heterocycles. The number of nitrogens with zero attached hydrogens (tertiary/aromatic N) is 2. The number of carboxylic acids is 1. The highest BCUT2D eigenvalue weighted by Crippen LogP contribution is 2.13. The van der Waals surface area contributed by atoms with Crippen molar-refractivity contribution in [3.63, 3.8) is 0 Å². The van der Waals surface area contributed by atoms with Crippen LogP contribution in [0.3, 0.4) is 0 Å². The maximum atomic E-state index is 11.1. The lowest BCUT2D eigenvalue weighted by molar-refractivity contribution is -0.132. The fourth-order valence-electron chi connectivity index (χ4n) is 1.19. The van der Waals surface area contributed by atoms with E-state index in [-0.39, 0.29) is 0 Å². The summed E-state index contributed by atoms with van der Waals surface area (Å²) in [7, 11) is 1.55. The Morgan fingerprint density at radius 2 is 2.22 bits per heavy atom. The molecule has 0 unspecified atom stereocenters. The van der Waals surface area contributed by atoms with Crippen molar-refractivity contribution >= 4 is 17.7 Å². The van der Waals surface area contributed by atoms with Gasteiger partial charge < -0.3 is 5.11 Å². The molecule has 0 aromatic carbocycles. The van der Waals surface area contributed by atoms with E-state index in [0.29, 0.717) is 22.9 Å². The minimum atomic E-state index is -0.957. The third kappa shape index (κ3) is 3.59. The minimum Gasteiger partial charge on any atom is -0.478 e. The molecule has 0 saturated carbocycles. The van der Waals surface area contributed by atoms with E-state index in [1.165, 1.54) is 16.4 Å². The Labute approximate surface area is 107 Å². The van der Waals surface area contributed by atoms with Gasteiger partial charge in [-0.2, -0.15) is 4.98 Å². The topological polar surface area (TPSA) is 105 Å². The molecular weight excluding hydrogens is 258 g/mol. The second kappa shape index (κ2) is 6.20. The number of hydrogen-bond acceptors (Lipinski definition) is 5. The maximum Gasteiger partial charge on any atom is 0.339 e. The molecule has 7 nitrogen and oxygen atoms in total. The highest BCUT2D eigenvalue weighted by molar-refractivity contribution is 7.99. The average Bonchev–Trinajstić information content (AvgIpc) is 2.30. The summed E-state index contributed by atoms with van der Waals surface area (Å²) in [6, 6.07) is 0. The van der Waals surface area contributed by atoms with Crippen molar-refractivity contribution in [2.75, 3.05) is 5.75 Å². The second-order valence-corrected chi connectivity index (χ2v) is 4.39. The standard InChI is InChI=1S/C10H13N3O4S/c1-3-6(9(16)17)4-5-18-10-11-7(14)8(15)12-13(10)2/h4H,3,5H2,1-2H3,(H,12,15)(H,16,17). The van der Waals surface area contributed by atoms with Gasteiger partial charge in [-0.05, 0) is 6.42 Å². The lowest BCUT2D eigenvalue weighted by Crippen LogP contribution is -2.33. The molecule has 0 atom stereocenters. The molecule has 2 N–H and O–H groups in total. The fourth-order valence-corrected chi connectivity index (χ4v) is 2.01. The van der Waals surface area contributed by atoms with E-state index in [1.807, 2.05) is 0 Å². The average molecular weight is 271 g/mol. The van der Waals surface area contributed by atoms with Gasteiger partial charge in [0.2, 0.25) is 0 Å². The third-order valence-corrected chi connectivity index (χ3v) is 3.10. The number of aryl methyl sites for hydroxylation is 1. The van der Waals surface area contributed by atoms with Gasteiger partial charge in [0.15, 0.2) is 5.16 Å². The summed E-state index contributed by atoms with van der Waals surface area (Å²) >= 11 is 1.17. The molecule has 0 bridgehead atoms. The first-order valence-corrected chi connectivity index (χ1v) is 6.16. The molecule has 8 heteroatoms. The van der Waals surface area contributed by atoms with Crippen LogP contribution in [0.4, 0.5) is 0 Å². The molecule has 1 aromatic heterocycles. The highest BCUT2D eigenvalue weighted by Gasteiger charge is 2.06. The Bertz CT molecular complexity index is 588. The van der Waals surface area contributed by atoms with E-state index in [1.54, 1.807) is 20.0 Å². The SMILES string of the molecule is CCC(=CCSc1nc(=O)c(=O)[nH]n1C)C(=O)O. The number of rotatable bonds is 5. The molecule has 0 spiro atoms. The van der Waals surface area contributed by atoms with Crippen LogP contribution >= 0.6 is 11.8 Å². The molecule has 98 valence electrons. The fraction of sp³-hybridized carbons (Fsp3) is 0.400. The van der Waals surface area contributed by atoms with E-state index in [9.17, 15) is 14.4 Å². The van der Waals surface area contributed by atoms with Crippen LogP contribution in [0, 0.1) is 0 Å². The van der Waals surface area contributed by atoms with Gasteiger partial charge in [-0.1, -0.05) is 24.8 Å². The maximum absolute atomic E-state index is 11.1. The smallest absolute Gasteiger partial charge is 0.339 e. The zero-order valence-electron chi connectivity index (χ0n) is 9.97. The molecule has 1 aromatic rings. The number of thioether (sulfide) groups is 1. The van der Waals surface area contributed by atoms with Gasteiger partial charge in [-0.15, -0.1) is 0 Å². The lowest BCUT2D eigenvalue weighted by Gasteiger charge is -2.04. The number of aromatic nitrogens is 3. The van der Waals surface area contributed by atoms with Crippen molar-refractivity contribution in [2.45, 2.75) is 18.5 Å². The molecule has 0 aliphatic carbocycles. The predicted molar refractivity (Wildman–Crippen MR) is 66.8 cm³/mol. The quantitative estimate of drug-likeness (QED) is 0.443. The Morgan fingerprint density at radius 3 is 2.78 bits per heavy atom. The number of nitrogens with one attached hydrogen (secondary N) is 1. The first-order chi connectivity index (χ1) is 8.45. The van der Waals surface area contributed by atoms with E-state index in [0.717, 1.165) is 0 Å². The van der Waals surface area contributed by atoms with Crippen molar-refractivity contribution in [1.29, 1.82) is 0 Å². The predicted octanol–water partition coefficient (Wildman–Crippen LogP) is -0.0183. The summed E-state index contributed by atoms with van der Waals surface area (Å²) in [6.45, 7) is 1.75. The van der Waals surface area contributed by atoms with Crippen LogP contribution in [0.5, 0.6) is 0 Å². The van der Waals surface area contributed by atoms with Crippen molar-refractivity contribution < 1.29 is 9.90 Å². The minimum absolute atomic E-state index is 0.303. The van der Waals surface area contributed by atoms with E-state index >= 15 is 0 Å². The summed E-state index contributed by atoms with van der Waals surface area (Å²) in [5.41, 5.74) is -1.33. The molecule has 1 heterocycles. The molecule has 0 amide bonds. The molecule has 1 rings (SSSR count). The van der Waals surface area contributed by atoms with Crippen LogP contribution in [-0.2, 0) is 11.8 Å². The normalized spacial score (nSPS) is 11.6. The number of hydrogen-bond donors (Lipinski definition) is 2. The number of H-pyrrole nitrogens is 1. The van der Waals surface area contributed by atoms with Gasteiger partial charge in [-0.25, -0.2) is 4.79 Å². The molecule has 0 radical (unpaired) electrons. The lowest BCUT2D eigenvalue weighted by atomic mass is 10.2. The zero-order valence-corrected chi connectivity index (χ0v) is 10.8. The highest BCUT2D eigenvalue weighted by atomic mass is 32.2. The van der Waals surface area contributed by atoms with Crippen LogP contribution in [0.2, 0.25) is 0 Å². The van der Waals surface area contributed by atoms with Gasteiger partial charge in [-0.3, -0.25) is 19.4 Å². The number of carboxylic acid groups (broad SMARTS) is 1. The molecular formula is C10H13N3O4S.